The first-order valence-corrected chi connectivity index (χ1v) is 10.8. The fourth-order valence-corrected chi connectivity index (χ4v) is 4.70. The van der Waals surface area contributed by atoms with Crippen molar-refractivity contribution < 1.29 is 9.59 Å². The largest absolute Gasteiger partial charge is 0.369 e. The van der Waals surface area contributed by atoms with E-state index in [2.05, 4.69) is 22.1 Å². The summed E-state index contributed by atoms with van der Waals surface area (Å²) in [4.78, 5) is 31.6. The number of allylic oxidation sites excluding steroid dienone is 1. The number of carbonyl (C=O) groups is 2. The van der Waals surface area contributed by atoms with Crippen LogP contribution in [-0.2, 0) is 4.79 Å². The molecule has 29 heavy (non-hydrogen) atoms. The van der Waals surface area contributed by atoms with E-state index < -0.39 is 5.92 Å². The van der Waals surface area contributed by atoms with Gasteiger partial charge in [-0.1, -0.05) is 30.0 Å². The minimum Gasteiger partial charge on any atom is -0.369 e. The molecule has 6 heteroatoms. The fourth-order valence-electron chi connectivity index (χ4n) is 4.49. The molecule has 1 aromatic carbocycles. The maximum Gasteiger partial charge on any atom is 0.254 e. The van der Waals surface area contributed by atoms with Crippen LogP contribution in [0.2, 0.25) is 5.02 Å². The Bertz CT molecular complexity index is 869. The molecule has 0 saturated heterocycles. The van der Waals surface area contributed by atoms with Gasteiger partial charge in [-0.2, -0.15) is 0 Å². The Morgan fingerprint density at radius 3 is 2.55 bits per heavy atom. The van der Waals surface area contributed by atoms with Crippen molar-refractivity contribution in [3.05, 3.63) is 39.9 Å². The molecule has 1 saturated carbocycles. The van der Waals surface area contributed by atoms with Crippen molar-refractivity contribution in [2.24, 2.45) is 10.9 Å². The van der Waals surface area contributed by atoms with Crippen LogP contribution in [0.4, 0.5) is 5.69 Å². The van der Waals surface area contributed by atoms with E-state index in [1.54, 1.807) is 13.0 Å². The van der Waals surface area contributed by atoms with E-state index >= 15 is 0 Å². The number of hydrogen-bond acceptors (Lipinski definition) is 3. The first-order chi connectivity index (χ1) is 13.8. The van der Waals surface area contributed by atoms with E-state index in [1.165, 1.54) is 25.7 Å². The van der Waals surface area contributed by atoms with Gasteiger partial charge in [-0.25, -0.2) is 4.99 Å². The molecule has 0 aromatic heterocycles. The maximum atomic E-state index is 13.0. The molecule has 1 aromatic rings. The lowest BCUT2D eigenvalue weighted by molar-refractivity contribution is -0.120. The molecule has 0 bridgehead atoms. The molecule has 3 rings (SSSR count). The minimum atomic E-state index is -0.410. The van der Waals surface area contributed by atoms with Crippen molar-refractivity contribution in [2.45, 2.75) is 59.4 Å². The third kappa shape index (κ3) is 4.72. The average Bonchev–Trinajstić information content (AvgIpc) is 3.18. The number of aliphatic imine (C=N–C) groups is 1. The first kappa shape index (κ1) is 21.6. The van der Waals surface area contributed by atoms with Gasteiger partial charge in [0.05, 0.1) is 5.92 Å². The van der Waals surface area contributed by atoms with Crippen molar-refractivity contribution in [3.63, 3.8) is 0 Å². The molecule has 0 radical (unpaired) electrons. The summed E-state index contributed by atoms with van der Waals surface area (Å²) in [5.41, 5.74) is 4.15. The number of nitrogens with zero attached hydrogens (tertiary/aromatic N) is 2. The van der Waals surface area contributed by atoms with E-state index in [9.17, 15) is 9.59 Å². The predicted octanol–water partition coefficient (Wildman–Crippen LogP) is 4.71. The zero-order valence-corrected chi connectivity index (χ0v) is 18.5. The van der Waals surface area contributed by atoms with Crippen molar-refractivity contribution in [2.75, 3.05) is 18.0 Å². The molecule has 156 valence electrons. The summed E-state index contributed by atoms with van der Waals surface area (Å²) in [5, 5.41) is 3.47. The summed E-state index contributed by atoms with van der Waals surface area (Å²) in [7, 11) is 0. The molecule has 1 heterocycles. The van der Waals surface area contributed by atoms with Crippen LogP contribution in [0.1, 0.15) is 62.4 Å². The number of amides is 2. The van der Waals surface area contributed by atoms with E-state index in [0.717, 1.165) is 23.4 Å². The Kier molecular flexibility index (Phi) is 6.78. The number of benzene rings is 1. The summed E-state index contributed by atoms with van der Waals surface area (Å²) in [6, 6.07) is 4.18. The van der Waals surface area contributed by atoms with Gasteiger partial charge in [0.15, 0.2) is 0 Å². The Labute approximate surface area is 178 Å². The number of halogens is 1. The smallest absolute Gasteiger partial charge is 0.254 e. The zero-order valence-electron chi connectivity index (χ0n) is 17.7. The number of nitrogens with one attached hydrogen (secondary N) is 1. The van der Waals surface area contributed by atoms with Crippen LogP contribution < -0.4 is 10.2 Å². The topological polar surface area (TPSA) is 61.8 Å². The predicted molar refractivity (Wildman–Crippen MR) is 119 cm³/mol. The molecule has 1 aliphatic carbocycles. The zero-order chi connectivity index (χ0) is 21.1. The van der Waals surface area contributed by atoms with E-state index in [0.29, 0.717) is 22.3 Å². The molecule has 1 atom stereocenters. The summed E-state index contributed by atoms with van der Waals surface area (Å²) in [6.07, 6.45) is 6.74. The van der Waals surface area contributed by atoms with Crippen molar-refractivity contribution in [1.29, 1.82) is 0 Å². The van der Waals surface area contributed by atoms with Gasteiger partial charge in [-0.05, 0) is 64.3 Å². The molecule has 2 aliphatic rings. The monoisotopic (exact) mass is 415 g/mol. The Hall–Kier alpha value is -2.14. The van der Waals surface area contributed by atoms with Crippen molar-refractivity contribution in [1.82, 2.24) is 5.32 Å². The average molecular weight is 416 g/mol. The number of rotatable bonds is 6. The highest BCUT2D eigenvalue weighted by Crippen LogP contribution is 2.33. The molecule has 5 nitrogen and oxygen atoms in total. The van der Waals surface area contributed by atoms with Gasteiger partial charge < -0.3 is 10.2 Å². The summed E-state index contributed by atoms with van der Waals surface area (Å²) in [6.45, 7) is 8.93. The standard InChI is InChI=1S/C23H30ClN3O2/c1-5-27(18-8-6-7-9-18)21-12-17(24)11-19(16(21)4)22(28)25-13-20-14(2)10-15(3)26-23(20)29/h10-12,18,20H,5-9,13H2,1-4H3,(H,25,28). The lowest BCUT2D eigenvalue weighted by Gasteiger charge is -2.32. The van der Waals surface area contributed by atoms with Gasteiger partial charge in [0, 0.05) is 41.1 Å². The Morgan fingerprint density at radius 2 is 1.93 bits per heavy atom. The maximum absolute atomic E-state index is 13.0. The lowest BCUT2D eigenvalue weighted by atomic mass is 9.95. The van der Waals surface area contributed by atoms with E-state index in [1.807, 2.05) is 26.0 Å². The normalized spacial score (nSPS) is 19.8. The van der Waals surface area contributed by atoms with Crippen LogP contribution >= 0.6 is 11.6 Å². The molecule has 1 unspecified atom stereocenters. The second-order valence-electron chi connectivity index (χ2n) is 8.06. The van der Waals surface area contributed by atoms with Gasteiger partial charge in [-0.3, -0.25) is 9.59 Å². The summed E-state index contributed by atoms with van der Waals surface area (Å²) >= 11 is 6.40. The highest BCUT2D eigenvalue weighted by molar-refractivity contribution is 6.31. The second kappa shape index (κ2) is 9.12. The van der Waals surface area contributed by atoms with Crippen molar-refractivity contribution in [3.8, 4) is 0 Å². The van der Waals surface area contributed by atoms with Crippen LogP contribution in [0, 0.1) is 12.8 Å². The molecule has 2 amide bonds. The molecule has 1 N–H and O–H groups in total. The third-order valence-corrected chi connectivity index (χ3v) is 6.26. The van der Waals surface area contributed by atoms with Crippen LogP contribution in [0.3, 0.4) is 0 Å². The van der Waals surface area contributed by atoms with Crippen LogP contribution in [-0.4, -0.2) is 36.7 Å². The van der Waals surface area contributed by atoms with E-state index in [4.69, 9.17) is 11.6 Å². The quantitative estimate of drug-likeness (QED) is 0.731. The summed E-state index contributed by atoms with van der Waals surface area (Å²) in [5.74, 6) is -0.822. The number of dihydropyridines is 1. The molecule has 1 aliphatic heterocycles. The summed E-state index contributed by atoms with van der Waals surface area (Å²) < 4.78 is 0. The molecule has 1 fully saturated rings. The molecule has 0 spiro atoms. The van der Waals surface area contributed by atoms with E-state index in [-0.39, 0.29) is 18.4 Å². The van der Waals surface area contributed by atoms with Crippen LogP contribution in [0.25, 0.3) is 0 Å². The number of carbonyl (C=O) groups excluding carboxylic acids is 2. The number of hydrogen-bond donors (Lipinski definition) is 1. The minimum absolute atomic E-state index is 0.204. The molecular formula is C23H30ClN3O2. The first-order valence-electron chi connectivity index (χ1n) is 10.4. The highest BCUT2D eigenvalue weighted by Gasteiger charge is 2.27. The SMILES string of the molecule is CCN(c1cc(Cl)cc(C(=O)NCC2C(=O)N=C(C)C=C2C)c1C)C1CCCC1. The molecular weight excluding hydrogens is 386 g/mol. The second-order valence-corrected chi connectivity index (χ2v) is 8.50. The van der Waals surface area contributed by atoms with Gasteiger partial charge >= 0.3 is 0 Å². The lowest BCUT2D eigenvalue weighted by Crippen LogP contribution is -2.36. The fraction of sp³-hybridized carbons (Fsp3) is 0.522. The third-order valence-electron chi connectivity index (χ3n) is 6.04. The van der Waals surface area contributed by atoms with Gasteiger partial charge in [0.25, 0.3) is 11.8 Å². The Balaban J connectivity index is 1.79. The van der Waals surface area contributed by atoms with Gasteiger partial charge in [-0.15, -0.1) is 0 Å². The highest BCUT2D eigenvalue weighted by atomic mass is 35.5. The van der Waals surface area contributed by atoms with Crippen LogP contribution in [0.15, 0.2) is 28.8 Å². The number of anilines is 1. The van der Waals surface area contributed by atoms with Gasteiger partial charge in [0.2, 0.25) is 0 Å². The van der Waals surface area contributed by atoms with Crippen molar-refractivity contribution >= 4 is 34.8 Å². The van der Waals surface area contributed by atoms with Gasteiger partial charge in [0.1, 0.15) is 0 Å². The van der Waals surface area contributed by atoms with Crippen LogP contribution in [0.5, 0.6) is 0 Å². The Morgan fingerprint density at radius 1 is 1.24 bits per heavy atom.